The summed E-state index contributed by atoms with van der Waals surface area (Å²) in [5.41, 5.74) is 0.541. The van der Waals surface area contributed by atoms with Crippen LogP contribution < -0.4 is 0 Å². The minimum atomic E-state index is -3.35. The molecular weight excluding hydrogens is 302 g/mol. The van der Waals surface area contributed by atoms with Gasteiger partial charge in [0.15, 0.2) is 9.84 Å². The van der Waals surface area contributed by atoms with Crippen LogP contribution in [0.2, 0.25) is 0 Å². The Labute approximate surface area is 132 Å². The lowest BCUT2D eigenvalue weighted by atomic mass is 9.99. The van der Waals surface area contributed by atoms with Gasteiger partial charge in [0.05, 0.1) is 17.3 Å². The smallest absolute Gasteiger partial charge is 0.253 e. The number of piperidine rings is 1. The van der Waals surface area contributed by atoms with E-state index in [9.17, 15) is 13.2 Å². The number of ether oxygens (including phenoxy) is 1. The van der Waals surface area contributed by atoms with Gasteiger partial charge in [0, 0.05) is 25.8 Å². The third-order valence-corrected chi connectivity index (χ3v) is 5.66. The van der Waals surface area contributed by atoms with Crippen LogP contribution >= 0.6 is 0 Å². The van der Waals surface area contributed by atoms with Gasteiger partial charge in [-0.05, 0) is 43.0 Å². The van der Waals surface area contributed by atoms with E-state index in [0.29, 0.717) is 11.5 Å². The number of hydrogen-bond acceptors (Lipinski definition) is 4. The van der Waals surface area contributed by atoms with Gasteiger partial charge in [0.1, 0.15) is 0 Å². The molecule has 1 atom stereocenters. The van der Waals surface area contributed by atoms with Crippen LogP contribution in [0.3, 0.4) is 0 Å². The van der Waals surface area contributed by atoms with Crippen molar-refractivity contribution < 1.29 is 17.9 Å². The highest BCUT2D eigenvalue weighted by molar-refractivity contribution is 7.91. The third kappa shape index (κ3) is 4.08. The van der Waals surface area contributed by atoms with E-state index in [4.69, 9.17) is 4.74 Å². The molecule has 1 fully saturated rings. The summed E-state index contributed by atoms with van der Waals surface area (Å²) in [6, 6.07) is 6.21. The Kier molecular flexibility index (Phi) is 5.58. The van der Waals surface area contributed by atoms with Crippen molar-refractivity contribution >= 4 is 15.7 Å². The Balaban J connectivity index is 2.10. The minimum absolute atomic E-state index is 0.0209. The maximum atomic E-state index is 12.4. The van der Waals surface area contributed by atoms with Gasteiger partial charge in [-0.15, -0.1) is 0 Å². The average Bonchev–Trinajstić information content (AvgIpc) is 2.52. The second kappa shape index (κ2) is 7.24. The molecule has 0 saturated carbocycles. The molecule has 0 bridgehead atoms. The Morgan fingerprint density at radius 3 is 2.59 bits per heavy atom. The molecule has 0 unspecified atom stereocenters. The summed E-state index contributed by atoms with van der Waals surface area (Å²) in [5.74, 6) is 0.444. The maximum absolute atomic E-state index is 12.4. The van der Waals surface area contributed by atoms with Gasteiger partial charge >= 0.3 is 0 Å². The van der Waals surface area contributed by atoms with E-state index in [1.807, 2.05) is 4.90 Å². The normalized spacial score (nSPS) is 19.2. The summed E-state index contributed by atoms with van der Waals surface area (Å²) < 4.78 is 28.9. The lowest BCUT2D eigenvalue weighted by Crippen LogP contribution is -2.39. The summed E-state index contributed by atoms with van der Waals surface area (Å²) in [4.78, 5) is 14.5. The molecule has 1 aromatic rings. The second-order valence-electron chi connectivity index (χ2n) is 5.83. The molecule has 0 N–H and O–H groups in total. The highest BCUT2D eigenvalue weighted by atomic mass is 32.2. The van der Waals surface area contributed by atoms with E-state index in [1.54, 1.807) is 12.1 Å². The largest absolute Gasteiger partial charge is 0.384 e. The van der Waals surface area contributed by atoms with Gasteiger partial charge in [0.2, 0.25) is 0 Å². The minimum Gasteiger partial charge on any atom is -0.384 e. The number of likely N-dealkylation sites (tertiary alicyclic amines) is 1. The first-order chi connectivity index (χ1) is 10.4. The van der Waals surface area contributed by atoms with Crippen molar-refractivity contribution in [2.24, 2.45) is 5.92 Å². The van der Waals surface area contributed by atoms with Gasteiger partial charge in [-0.2, -0.15) is 0 Å². The van der Waals surface area contributed by atoms with E-state index in [0.717, 1.165) is 25.9 Å². The molecule has 0 aromatic heterocycles. The molecule has 22 heavy (non-hydrogen) atoms. The van der Waals surface area contributed by atoms with Crippen LogP contribution in [0, 0.1) is 5.92 Å². The van der Waals surface area contributed by atoms with Gasteiger partial charge in [-0.1, -0.05) is 6.92 Å². The molecule has 2 rings (SSSR count). The fourth-order valence-electron chi connectivity index (χ4n) is 2.67. The Bertz CT molecular complexity index is 610. The number of amides is 1. The van der Waals surface area contributed by atoms with Crippen LogP contribution in [0.1, 0.15) is 30.1 Å². The molecule has 1 aromatic carbocycles. The fraction of sp³-hybridized carbons (Fsp3) is 0.562. The van der Waals surface area contributed by atoms with Crippen LogP contribution in [0.25, 0.3) is 0 Å². The molecule has 1 saturated heterocycles. The van der Waals surface area contributed by atoms with Gasteiger partial charge < -0.3 is 9.64 Å². The lowest BCUT2D eigenvalue weighted by Gasteiger charge is -2.31. The van der Waals surface area contributed by atoms with E-state index in [-0.39, 0.29) is 23.2 Å². The van der Waals surface area contributed by atoms with Crippen molar-refractivity contribution in [3.05, 3.63) is 29.8 Å². The monoisotopic (exact) mass is 325 g/mol. The predicted octanol–water partition coefficient (Wildman–Crippen LogP) is 1.98. The molecule has 122 valence electrons. The topological polar surface area (TPSA) is 63.7 Å². The summed E-state index contributed by atoms with van der Waals surface area (Å²) in [5, 5.41) is 0. The van der Waals surface area contributed by atoms with Crippen LogP contribution in [0.5, 0.6) is 0 Å². The fourth-order valence-corrected chi connectivity index (χ4v) is 3.84. The molecule has 1 heterocycles. The number of carbonyl (C=O) groups excluding carboxylic acids is 1. The first kappa shape index (κ1) is 17.0. The van der Waals surface area contributed by atoms with E-state index >= 15 is 0 Å². The Morgan fingerprint density at radius 1 is 1.32 bits per heavy atom. The van der Waals surface area contributed by atoms with E-state index in [1.165, 1.54) is 19.2 Å². The Hall–Kier alpha value is -1.40. The third-order valence-electron chi connectivity index (χ3n) is 3.96. The molecular formula is C16H23NO4S. The van der Waals surface area contributed by atoms with Crippen molar-refractivity contribution in [2.75, 3.05) is 32.6 Å². The second-order valence-corrected chi connectivity index (χ2v) is 7.94. The number of rotatable bonds is 5. The van der Waals surface area contributed by atoms with Crippen molar-refractivity contribution in [1.82, 2.24) is 4.90 Å². The summed E-state index contributed by atoms with van der Waals surface area (Å²) in [6.07, 6.45) is 2.18. The Morgan fingerprint density at radius 2 is 2.00 bits per heavy atom. The SMILES string of the molecule is COCCS(=O)(=O)c1ccc(C(=O)N2CCC[C@@H](C)C2)cc1. The molecule has 1 aliphatic heterocycles. The maximum Gasteiger partial charge on any atom is 0.253 e. The summed E-state index contributed by atoms with van der Waals surface area (Å²) >= 11 is 0. The summed E-state index contributed by atoms with van der Waals surface area (Å²) in [7, 11) is -1.88. The molecule has 1 aliphatic rings. The highest BCUT2D eigenvalue weighted by Crippen LogP contribution is 2.19. The average molecular weight is 325 g/mol. The molecule has 6 heteroatoms. The quantitative estimate of drug-likeness (QED) is 0.830. The summed E-state index contributed by atoms with van der Waals surface area (Å²) in [6.45, 7) is 3.85. The highest BCUT2D eigenvalue weighted by Gasteiger charge is 2.22. The van der Waals surface area contributed by atoms with Crippen molar-refractivity contribution in [2.45, 2.75) is 24.7 Å². The first-order valence-corrected chi connectivity index (χ1v) is 9.20. The zero-order valence-electron chi connectivity index (χ0n) is 13.1. The van der Waals surface area contributed by atoms with Crippen LogP contribution in [-0.2, 0) is 14.6 Å². The van der Waals surface area contributed by atoms with Crippen molar-refractivity contribution in [1.29, 1.82) is 0 Å². The molecule has 5 nitrogen and oxygen atoms in total. The molecule has 0 spiro atoms. The number of benzene rings is 1. The molecule has 0 aliphatic carbocycles. The zero-order valence-corrected chi connectivity index (χ0v) is 13.9. The number of hydrogen-bond donors (Lipinski definition) is 0. The van der Waals surface area contributed by atoms with E-state index in [2.05, 4.69) is 6.92 Å². The van der Waals surface area contributed by atoms with Gasteiger partial charge in [-0.3, -0.25) is 4.79 Å². The number of carbonyl (C=O) groups is 1. The number of sulfone groups is 1. The zero-order chi connectivity index (χ0) is 16.2. The lowest BCUT2D eigenvalue weighted by molar-refractivity contribution is 0.0683. The van der Waals surface area contributed by atoms with Gasteiger partial charge in [0.25, 0.3) is 5.91 Å². The number of methoxy groups -OCH3 is 1. The molecule has 1 amide bonds. The number of nitrogens with zero attached hydrogens (tertiary/aromatic N) is 1. The van der Waals surface area contributed by atoms with Crippen LogP contribution in [0.15, 0.2) is 29.2 Å². The van der Waals surface area contributed by atoms with Gasteiger partial charge in [-0.25, -0.2) is 8.42 Å². The van der Waals surface area contributed by atoms with Crippen molar-refractivity contribution in [3.63, 3.8) is 0 Å². The van der Waals surface area contributed by atoms with Crippen LogP contribution in [0.4, 0.5) is 0 Å². The first-order valence-electron chi connectivity index (χ1n) is 7.55. The van der Waals surface area contributed by atoms with E-state index < -0.39 is 9.84 Å². The molecule has 0 radical (unpaired) electrons. The van der Waals surface area contributed by atoms with Crippen LogP contribution in [-0.4, -0.2) is 51.8 Å². The van der Waals surface area contributed by atoms with Crippen molar-refractivity contribution in [3.8, 4) is 0 Å². The standard InChI is InChI=1S/C16H23NO4S/c1-13-4-3-9-17(12-13)16(18)14-5-7-15(8-6-14)22(19,20)11-10-21-2/h5-8,13H,3-4,9-12H2,1-2H3/t13-/m1/s1. The predicted molar refractivity (Wildman–Crippen MR) is 84.7 cm³/mol.